The lowest BCUT2D eigenvalue weighted by Crippen LogP contribution is -2.59. The number of hydrogen-bond acceptors (Lipinski definition) is 9. The molecule has 0 N–H and O–H groups in total. The lowest BCUT2D eigenvalue weighted by Gasteiger charge is -2.48. The number of carbonyl (C=O) groups excluding carboxylic acids is 1. The van der Waals surface area contributed by atoms with Gasteiger partial charge in [-0.15, -0.1) is 5.10 Å². The van der Waals surface area contributed by atoms with Gasteiger partial charge in [0, 0.05) is 16.0 Å². The summed E-state index contributed by atoms with van der Waals surface area (Å²) in [5.74, 6) is -4.98. The van der Waals surface area contributed by atoms with E-state index in [1.807, 2.05) is 30.3 Å². The van der Waals surface area contributed by atoms with E-state index in [4.69, 9.17) is 46.9 Å². The summed E-state index contributed by atoms with van der Waals surface area (Å²) < 4.78 is 74.4. The maximum atomic E-state index is 14.2. The number of nitrogens with zero attached hydrogens (tertiary/aromatic N) is 3. The number of ether oxygens (including phenoxy) is 5. The Balaban J connectivity index is 1.41. The van der Waals surface area contributed by atoms with Gasteiger partial charge in [0.25, 0.3) is 0 Å². The molecule has 9 nitrogen and oxygen atoms in total. The maximum absolute atomic E-state index is 14.2. The molecule has 1 aromatic heterocycles. The van der Waals surface area contributed by atoms with Crippen LogP contribution in [-0.4, -0.2) is 56.9 Å². The zero-order valence-corrected chi connectivity index (χ0v) is 28.6. The number of rotatable bonds is 8. The second kappa shape index (κ2) is 14.7. The highest BCUT2D eigenvalue weighted by Crippen LogP contribution is 2.45. The second-order valence-electron chi connectivity index (χ2n) is 12.2. The molecule has 49 heavy (non-hydrogen) atoms. The molecule has 258 valence electrons. The Kier molecular flexibility index (Phi) is 10.6. The molecule has 0 saturated carbocycles. The quantitative estimate of drug-likeness (QED) is 0.0771. The predicted molar refractivity (Wildman–Crippen MR) is 175 cm³/mol. The summed E-state index contributed by atoms with van der Waals surface area (Å²) in [6.07, 6.45) is 0.635. The normalized spacial score (nSPS) is 24.1. The molecule has 6 rings (SSSR count). The van der Waals surface area contributed by atoms with Crippen molar-refractivity contribution in [2.24, 2.45) is 0 Å². The highest BCUT2D eigenvalue weighted by Gasteiger charge is 2.52. The molecule has 2 aliphatic rings. The van der Waals surface area contributed by atoms with Crippen molar-refractivity contribution in [3.8, 4) is 11.3 Å². The van der Waals surface area contributed by atoms with Crippen LogP contribution in [-0.2, 0) is 28.5 Å². The van der Waals surface area contributed by atoms with Crippen LogP contribution in [0.3, 0.4) is 0 Å². The van der Waals surface area contributed by atoms with Crippen molar-refractivity contribution < 1.29 is 41.7 Å². The van der Waals surface area contributed by atoms with E-state index in [0.29, 0.717) is 14.9 Å². The van der Waals surface area contributed by atoms with Crippen molar-refractivity contribution >= 4 is 40.9 Å². The predicted octanol–water partition coefficient (Wildman–Crippen LogP) is 8.08. The van der Waals surface area contributed by atoms with Crippen LogP contribution in [0, 0.1) is 17.5 Å². The van der Waals surface area contributed by atoms with Gasteiger partial charge >= 0.3 is 5.97 Å². The number of halogens is 5. The summed E-state index contributed by atoms with van der Waals surface area (Å²) in [5.41, 5.74) is -0.753. The summed E-state index contributed by atoms with van der Waals surface area (Å²) >= 11 is 13.8. The number of carbonyl (C=O) groups is 1. The topological polar surface area (TPSA) is 93.9 Å². The van der Waals surface area contributed by atoms with Gasteiger partial charge < -0.3 is 23.7 Å². The van der Waals surface area contributed by atoms with Crippen molar-refractivity contribution in [3.05, 3.63) is 112 Å². The number of thioether (sulfide) groups is 1. The summed E-state index contributed by atoms with van der Waals surface area (Å²) in [7, 11) is 0. The summed E-state index contributed by atoms with van der Waals surface area (Å²) in [6, 6.07) is 15.2. The molecule has 15 heteroatoms. The molecule has 1 unspecified atom stereocenters. The number of esters is 1. The standard InChI is InChI=1S/C34H30Cl2F3N3O6S/c1-34(2,3)48-27(43)11-12-44-31-29(42-16-25(40-41-42)19-13-23(37)28(39)24(38)14-19)30-26(17-45-32(47-30)18-7-5-4-6-8-18)46-33(31)49-20-9-10-21(35)22(36)15-20/h4-16,26,29-33H,17H2,1-3H3/b12-11+/t26-,29+,30+,31-,32?,33-/m1/s1. The third-order valence-electron chi connectivity index (χ3n) is 7.47. The van der Waals surface area contributed by atoms with Gasteiger partial charge in [0.05, 0.1) is 35.2 Å². The first kappa shape index (κ1) is 35.2. The van der Waals surface area contributed by atoms with Crippen LogP contribution in [0.5, 0.6) is 0 Å². The van der Waals surface area contributed by atoms with Gasteiger partial charge in [-0.2, -0.15) is 0 Å². The lowest BCUT2D eigenvalue weighted by molar-refractivity contribution is -0.307. The summed E-state index contributed by atoms with van der Waals surface area (Å²) in [6.45, 7) is 5.33. The summed E-state index contributed by atoms with van der Waals surface area (Å²) in [4.78, 5) is 13.2. The van der Waals surface area contributed by atoms with Crippen molar-refractivity contribution in [2.75, 3.05) is 6.61 Å². The van der Waals surface area contributed by atoms with Gasteiger partial charge in [-0.25, -0.2) is 22.6 Å². The summed E-state index contributed by atoms with van der Waals surface area (Å²) in [5, 5.41) is 9.14. The molecule has 0 radical (unpaired) electrons. The molecule has 2 aliphatic heterocycles. The third-order valence-corrected chi connectivity index (χ3v) is 9.34. The molecule has 2 saturated heterocycles. The van der Waals surface area contributed by atoms with Crippen LogP contribution in [0.15, 0.2) is 84.1 Å². The largest absolute Gasteiger partial charge is 0.492 e. The fourth-order valence-electron chi connectivity index (χ4n) is 5.35. The zero-order chi connectivity index (χ0) is 34.9. The smallest absolute Gasteiger partial charge is 0.334 e. The molecular weight excluding hydrogens is 706 g/mol. The Morgan fingerprint density at radius 1 is 1.02 bits per heavy atom. The first-order valence-electron chi connectivity index (χ1n) is 15.1. The number of hydrogen-bond donors (Lipinski definition) is 0. The molecule has 6 atom stereocenters. The van der Waals surface area contributed by atoms with E-state index in [0.717, 1.165) is 23.8 Å². The Hall–Kier alpha value is -3.59. The van der Waals surface area contributed by atoms with Crippen LogP contribution < -0.4 is 0 Å². The van der Waals surface area contributed by atoms with Crippen LogP contribution >= 0.6 is 35.0 Å². The fourth-order valence-corrected chi connectivity index (χ4v) is 6.87. The van der Waals surface area contributed by atoms with Crippen LogP contribution in [0.25, 0.3) is 11.3 Å². The van der Waals surface area contributed by atoms with E-state index in [1.165, 1.54) is 28.9 Å². The van der Waals surface area contributed by atoms with Crippen molar-refractivity contribution in [2.45, 2.75) is 67.3 Å². The van der Waals surface area contributed by atoms with Crippen LogP contribution in [0.4, 0.5) is 13.2 Å². The minimum absolute atomic E-state index is 0.0367. The van der Waals surface area contributed by atoms with Crippen LogP contribution in [0.1, 0.15) is 38.7 Å². The molecule has 2 fully saturated rings. The Morgan fingerprint density at radius 3 is 2.45 bits per heavy atom. The average Bonchev–Trinajstić information content (AvgIpc) is 3.54. The Labute approximate surface area is 294 Å². The van der Waals surface area contributed by atoms with Crippen molar-refractivity contribution in [1.82, 2.24) is 15.0 Å². The highest BCUT2D eigenvalue weighted by atomic mass is 35.5. The van der Waals surface area contributed by atoms with Gasteiger partial charge in [-0.3, -0.25) is 0 Å². The van der Waals surface area contributed by atoms with E-state index < -0.39 is 65.1 Å². The molecule has 0 aliphatic carbocycles. The molecule has 3 aromatic carbocycles. The van der Waals surface area contributed by atoms with E-state index in [1.54, 1.807) is 39.0 Å². The zero-order valence-electron chi connectivity index (χ0n) is 26.3. The lowest BCUT2D eigenvalue weighted by atomic mass is 9.95. The van der Waals surface area contributed by atoms with Gasteiger partial charge in [0.2, 0.25) is 0 Å². The number of aromatic nitrogens is 3. The van der Waals surface area contributed by atoms with Crippen molar-refractivity contribution in [1.29, 1.82) is 0 Å². The Bertz CT molecular complexity index is 1820. The number of benzene rings is 3. The fraction of sp³-hybridized carbons (Fsp3) is 0.324. The molecule has 0 spiro atoms. The van der Waals surface area contributed by atoms with E-state index in [2.05, 4.69) is 10.3 Å². The molecular formula is C34H30Cl2F3N3O6S. The molecule has 0 amide bonds. The van der Waals surface area contributed by atoms with Gasteiger partial charge in [-0.05, 0) is 51.1 Å². The Morgan fingerprint density at radius 2 is 1.76 bits per heavy atom. The van der Waals surface area contributed by atoms with Gasteiger partial charge in [0.15, 0.2) is 29.8 Å². The molecule has 4 aromatic rings. The van der Waals surface area contributed by atoms with Crippen LogP contribution in [0.2, 0.25) is 10.0 Å². The first-order chi connectivity index (χ1) is 23.4. The van der Waals surface area contributed by atoms with Gasteiger partial charge in [-0.1, -0.05) is 70.5 Å². The second-order valence-corrected chi connectivity index (χ2v) is 14.2. The van der Waals surface area contributed by atoms with E-state index in [-0.39, 0.29) is 17.9 Å². The monoisotopic (exact) mass is 735 g/mol. The van der Waals surface area contributed by atoms with Crippen molar-refractivity contribution in [3.63, 3.8) is 0 Å². The SMILES string of the molecule is CC(C)(C)OC(=O)/C=C/O[C@@H]1[C@@H](n2cc(-c3cc(F)c(F)c(F)c3)nn2)[C@H]2OC(c3ccccc3)OC[C@H]2O[C@@H]1Sc1ccc(Cl)c(Cl)c1. The highest BCUT2D eigenvalue weighted by molar-refractivity contribution is 7.99. The maximum Gasteiger partial charge on any atom is 0.334 e. The van der Waals surface area contributed by atoms with E-state index in [9.17, 15) is 18.0 Å². The third kappa shape index (κ3) is 8.25. The minimum Gasteiger partial charge on any atom is -0.492 e. The number of fused-ring (bicyclic) bond motifs is 1. The van der Waals surface area contributed by atoms with Gasteiger partial charge in [0.1, 0.15) is 35.0 Å². The first-order valence-corrected chi connectivity index (χ1v) is 16.7. The van der Waals surface area contributed by atoms with E-state index >= 15 is 0 Å². The molecule has 0 bridgehead atoms. The minimum atomic E-state index is -1.60. The average molecular weight is 737 g/mol. The molecule has 3 heterocycles.